The molecule has 1 aromatic carbocycles. The third-order valence-corrected chi connectivity index (χ3v) is 4.61. The number of nitrogens with one attached hydrogen (secondary N) is 2. The van der Waals surface area contributed by atoms with Crippen LogP contribution in [0.4, 0.5) is 14.9 Å². The molecule has 1 fully saturated rings. The van der Waals surface area contributed by atoms with Gasteiger partial charge in [-0.2, -0.15) is 0 Å². The molecule has 6 nitrogen and oxygen atoms in total. The minimum atomic E-state index is -0.583. The number of halogens is 1. The molecule has 0 saturated heterocycles. The fourth-order valence-corrected chi connectivity index (χ4v) is 3.33. The molecule has 1 aromatic heterocycles. The van der Waals surface area contributed by atoms with Gasteiger partial charge in [0.2, 0.25) is 0 Å². The van der Waals surface area contributed by atoms with Crippen molar-refractivity contribution in [3.05, 3.63) is 53.2 Å². The van der Waals surface area contributed by atoms with E-state index in [1.165, 1.54) is 24.3 Å². The molecule has 0 aliphatic heterocycles. The van der Waals surface area contributed by atoms with Crippen molar-refractivity contribution in [2.45, 2.75) is 51.7 Å². The molecule has 0 spiro atoms. The molecular formula is C20H23FN2O4. The zero-order chi connectivity index (χ0) is 19.4. The lowest BCUT2D eigenvalue weighted by molar-refractivity contribution is 0.0712. The number of carbonyl (C=O) groups is 2. The van der Waals surface area contributed by atoms with Crippen molar-refractivity contribution in [3.63, 3.8) is 0 Å². The predicted octanol–water partition coefficient (Wildman–Crippen LogP) is 4.33. The second kappa shape index (κ2) is 8.24. The molecule has 0 unspecified atom stereocenters. The normalized spacial score (nSPS) is 19.4. The Hall–Kier alpha value is -2.83. The summed E-state index contributed by atoms with van der Waals surface area (Å²) in [6, 6.07) is 7.12. The number of aryl methyl sites for hydroxylation is 2. The highest BCUT2D eigenvalue weighted by molar-refractivity contribution is 5.95. The van der Waals surface area contributed by atoms with Crippen LogP contribution in [0.3, 0.4) is 0 Å². The maximum Gasteiger partial charge on any atom is 0.411 e. The Balaban J connectivity index is 1.51. The van der Waals surface area contributed by atoms with Crippen LogP contribution in [-0.2, 0) is 4.74 Å². The summed E-state index contributed by atoms with van der Waals surface area (Å²) in [7, 11) is 0. The van der Waals surface area contributed by atoms with E-state index < -0.39 is 6.09 Å². The summed E-state index contributed by atoms with van der Waals surface area (Å²) >= 11 is 0. The lowest BCUT2D eigenvalue weighted by Crippen LogP contribution is -2.41. The minimum absolute atomic E-state index is 0.0653. The number of ether oxygens (including phenoxy) is 1. The van der Waals surface area contributed by atoms with Gasteiger partial charge in [-0.15, -0.1) is 0 Å². The molecule has 144 valence electrons. The quantitative estimate of drug-likeness (QED) is 0.835. The number of anilines is 1. The van der Waals surface area contributed by atoms with Crippen LogP contribution in [0.15, 0.2) is 34.7 Å². The van der Waals surface area contributed by atoms with Crippen LogP contribution in [0.25, 0.3) is 0 Å². The van der Waals surface area contributed by atoms with Crippen LogP contribution in [0.1, 0.15) is 47.6 Å². The second-order valence-corrected chi connectivity index (χ2v) is 6.82. The van der Waals surface area contributed by atoms with Crippen LogP contribution in [0, 0.1) is 19.7 Å². The first-order chi connectivity index (χ1) is 12.9. The average Bonchev–Trinajstić information content (AvgIpc) is 2.95. The molecule has 1 aliphatic rings. The number of rotatable bonds is 4. The maximum atomic E-state index is 12.9. The van der Waals surface area contributed by atoms with Crippen molar-refractivity contribution in [1.82, 2.24) is 5.32 Å². The van der Waals surface area contributed by atoms with E-state index in [2.05, 4.69) is 10.6 Å². The first kappa shape index (κ1) is 18.9. The van der Waals surface area contributed by atoms with Crippen molar-refractivity contribution >= 4 is 17.7 Å². The lowest BCUT2D eigenvalue weighted by atomic mass is 9.92. The maximum absolute atomic E-state index is 12.9. The van der Waals surface area contributed by atoms with Crippen LogP contribution in [0.2, 0.25) is 0 Å². The zero-order valence-corrected chi connectivity index (χ0v) is 15.4. The topological polar surface area (TPSA) is 80.6 Å². The fourth-order valence-electron chi connectivity index (χ4n) is 3.33. The van der Waals surface area contributed by atoms with Gasteiger partial charge >= 0.3 is 6.09 Å². The highest BCUT2D eigenvalue weighted by Gasteiger charge is 2.27. The highest BCUT2D eigenvalue weighted by Crippen LogP contribution is 2.23. The van der Waals surface area contributed by atoms with E-state index in [1.54, 1.807) is 19.9 Å². The Morgan fingerprint density at radius 1 is 1.19 bits per heavy atom. The summed E-state index contributed by atoms with van der Waals surface area (Å²) in [5, 5.41) is 5.58. The Kier molecular flexibility index (Phi) is 5.78. The zero-order valence-electron chi connectivity index (χ0n) is 15.4. The number of benzene rings is 1. The SMILES string of the molecule is Cc1cc(C(=O)N[C@H]2CCC[C@H](OC(=O)Nc3ccc(F)cc3)C2)c(C)o1. The van der Waals surface area contributed by atoms with E-state index in [1.807, 2.05) is 0 Å². The van der Waals surface area contributed by atoms with Crippen molar-refractivity contribution in [2.24, 2.45) is 0 Å². The van der Waals surface area contributed by atoms with Crippen molar-refractivity contribution < 1.29 is 23.1 Å². The molecule has 2 aromatic rings. The van der Waals surface area contributed by atoms with Gasteiger partial charge in [0.25, 0.3) is 5.91 Å². The number of hydrogen-bond acceptors (Lipinski definition) is 4. The third kappa shape index (κ3) is 5.09. The van der Waals surface area contributed by atoms with Gasteiger partial charge in [0.05, 0.1) is 5.56 Å². The van der Waals surface area contributed by atoms with Gasteiger partial charge in [-0.3, -0.25) is 10.1 Å². The number of hydrogen-bond donors (Lipinski definition) is 2. The fraction of sp³-hybridized carbons (Fsp3) is 0.400. The van der Waals surface area contributed by atoms with Gasteiger partial charge < -0.3 is 14.5 Å². The summed E-state index contributed by atoms with van der Waals surface area (Å²) in [5.74, 6) is 0.737. The summed E-state index contributed by atoms with van der Waals surface area (Å²) in [5.41, 5.74) is 0.998. The smallest absolute Gasteiger partial charge is 0.411 e. The molecule has 1 saturated carbocycles. The molecular weight excluding hydrogens is 351 g/mol. The molecule has 1 heterocycles. The van der Waals surface area contributed by atoms with Crippen molar-refractivity contribution in [2.75, 3.05) is 5.32 Å². The molecule has 1 aliphatic carbocycles. The molecule has 2 amide bonds. The number of carbonyl (C=O) groups excluding carboxylic acids is 2. The predicted molar refractivity (Wildman–Crippen MR) is 98.2 cm³/mol. The first-order valence-corrected chi connectivity index (χ1v) is 9.02. The Bertz CT molecular complexity index is 816. The lowest BCUT2D eigenvalue weighted by Gasteiger charge is -2.29. The van der Waals surface area contributed by atoms with Gasteiger partial charge in [-0.1, -0.05) is 0 Å². The van der Waals surface area contributed by atoms with Crippen molar-refractivity contribution in [3.8, 4) is 0 Å². The van der Waals surface area contributed by atoms with Gasteiger partial charge in [0, 0.05) is 18.2 Å². The highest BCUT2D eigenvalue weighted by atomic mass is 19.1. The summed E-state index contributed by atoms with van der Waals surface area (Å²) in [6.45, 7) is 3.56. The van der Waals surface area contributed by atoms with E-state index >= 15 is 0 Å². The number of furan rings is 1. The van der Waals surface area contributed by atoms with Crippen LogP contribution < -0.4 is 10.6 Å². The summed E-state index contributed by atoms with van der Waals surface area (Å²) in [6.07, 6.45) is 2.12. The van der Waals surface area contributed by atoms with Crippen molar-refractivity contribution in [1.29, 1.82) is 0 Å². The largest absolute Gasteiger partial charge is 0.466 e. The first-order valence-electron chi connectivity index (χ1n) is 9.02. The summed E-state index contributed by atoms with van der Waals surface area (Å²) in [4.78, 5) is 24.5. The second-order valence-electron chi connectivity index (χ2n) is 6.82. The van der Waals surface area contributed by atoms with E-state index in [-0.39, 0.29) is 23.9 Å². The van der Waals surface area contributed by atoms with Crippen LogP contribution in [-0.4, -0.2) is 24.1 Å². The number of amides is 2. The molecule has 7 heteroatoms. The van der Waals surface area contributed by atoms with E-state index in [4.69, 9.17) is 9.15 Å². The molecule has 3 rings (SSSR count). The van der Waals surface area contributed by atoms with E-state index in [9.17, 15) is 14.0 Å². The molecule has 2 atom stereocenters. The van der Waals surface area contributed by atoms with Crippen LogP contribution >= 0.6 is 0 Å². The van der Waals surface area contributed by atoms with E-state index in [0.717, 1.165) is 19.3 Å². The molecule has 27 heavy (non-hydrogen) atoms. The van der Waals surface area contributed by atoms with Gasteiger partial charge in [0.15, 0.2) is 0 Å². The average molecular weight is 374 g/mol. The van der Waals surface area contributed by atoms with Gasteiger partial charge in [-0.05, 0) is 63.4 Å². The van der Waals surface area contributed by atoms with Gasteiger partial charge in [-0.25, -0.2) is 9.18 Å². The van der Waals surface area contributed by atoms with Gasteiger partial charge in [0.1, 0.15) is 23.4 Å². The Morgan fingerprint density at radius 3 is 2.59 bits per heavy atom. The minimum Gasteiger partial charge on any atom is -0.466 e. The van der Waals surface area contributed by atoms with E-state index in [0.29, 0.717) is 29.2 Å². The molecule has 0 bridgehead atoms. The Labute approximate surface area is 157 Å². The van der Waals surface area contributed by atoms with Crippen LogP contribution in [0.5, 0.6) is 0 Å². The summed E-state index contributed by atoms with van der Waals surface area (Å²) < 4.78 is 23.8. The molecule has 2 N–H and O–H groups in total. The monoisotopic (exact) mass is 374 g/mol. The third-order valence-electron chi connectivity index (χ3n) is 4.61. The Morgan fingerprint density at radius 2 is 1.93 bits per heavy atom. The molecule has 0 radical (unpaired) electrons. The standard InChI is InChI=1S/C20H23FN2O4/c1-12-10-18(13(2)26-12)19(24)22-16-4-3-5-17(11-16)27-20(25)23-15-8-6-14(21)7-9-15/h6-10,16-17H,3-5,11H2,1-2H3,(H,22,24)(H,23,25)/t16-,17-/m0/s1.